The molecule has 0 aliphatic heterocycles. The molecule has 0 aliphatic carbocycles. The van der Waals surface area contributed by atoms with Gasteiger partial charge in [0.15, 0.2) is 0 Å². The number of phenols is 1. The van der Waals surface area contributed by atoms with Crippen LogP contribution in [0.1, 0.15) is 0 Å². The smallest absolute Gasteiger partial charge is 0.228 e. The Morgan fingerprint density at radius 3 is 2.80 bits per heavy atom. The molecule has 0 aromatic heterocycles. The lowest BCUT2D eigenvalue weighted by Gasteiger charge is -2.06. The van der Waals surface area contributed by atoms with Crippen LogP contribution >= 0.6 is 0 Å². The summed E-state index contributed by atoms with van der Waals surface area (Å²) in [6, 6.07) is 8.60. The number of ether oxygens (including phenoxy) is 1. The fraction of sp³-hybridized carbons (Fsp3) is 0.0833. The minimum Gasteiger partial charge on any atom is -0.508 e. The van der Waals surface area contributed by atoms with Crippen LogP contribution < -0.4 is 4.74 Å². The molecule has 0 saturated heterocycles. The van der Waals surface area contributed by atoms with E-state index in [4.69, 9.17) is 11.3 Å². The Hall–Kier alpha value is -2.21. The van der Waals surface area contributed by atoms with Crippen molar-refractivity contribution in [2.24, 2.45) is 0 Å². The second-order valence-corrected chi connectivity index (χ2v) is 3.13. The van der Waals surface area contributed by atoms with Crippen molar-refractivity contribution in [2.75, 3.05) is 7.11 Å². The minimum absolute atomic E-state index is 0.197. The number of methoxy groups -OCH3 is 1. The van der Waals surface area contributed by atoms with Gasteiger partial charge in [0, 0.05) is 5.39 Å². The van der Waals surface area contributed by atoms with E-state index in [0.717, 1.165) is 5.39 Å². The van der Waals surface area contributed by atoms with Crippen molar-refractivity contribution in [1.82, 2.24) is 0 Å². The van der Waals surface area contributed by atoms with Gasteiger partial charge < -0.3 is 9.84 Å². The number of fused-ring (bicyclic) bond motifs is 1. The molecule has 0 heterocycles. The van der Waals surface area contributed by atoms with Crippen LogP contribution in [-0.4, -0.2) is 12.2 Å². The largest absolute Gasteiger partial charge is 0.508 e. The molecule has 74 valence electrons. The molecule has 0 atom stereocenters. The molecule has 0 saturated carbocycles. The molecular weight excluding hydrogens is 190 g/mol. The highest BCUT2D eigenvalue weighted by atomic mass is 16.5. The van der Waals surface area contributed by atoms with Gasteiger partial charge in [-0.25, -0.2) is 4.85 Å². The highest BCUT2D eigenvalue weighted by Crippen LogP contribution is 2.35. The molecule has 3 heteroatoms. The third-order valence-electron chi connectivity index (χ3n) is 2.28. The second kappa shape index (κ2) is 3.50. The summed E-state index contributed by atoms with van der Waals surface area (Å²) < 4.78 is 5.07. The molecule has 3 nitrogen and oxygen atoms in total. The van der Waals surface area contributed by atoms with Crippen LogP contribution in [0.25, 0.3) is 15.6 Å². The van der Waals surface area contributed by atoms with E-state index in [2.05, 4.69) is 4.85 Å². The molecule has 0 fully saturated rings. The molecule has 2 aromatic rings. The summed E-state index contributed by atoms with van der Waals surface area (Å²) >= 11 is 0. The molecule has 2 aromatic carbocycles. The maximum absolute atomic E-state index is 9.62. The Labute approximate surface area is 87.4 Å². The van der Waals surface area contributed by atoms with Crippen LogP contribution in [-0.2, 0) is 0 Å². The van der Waals surface area contributed by atoms with Crippen LogP contribution in [0.5, 0.6) is 11.5 Å². The fourth-order valence-electron chi connectivity index (χ4n) is 1.53. The van der Waals surface area contributed by atoms with Gasteiger partial charge >= 0.3 is 0 Å². The predicted octanol–water partition coefficient (Wildman–Crippen LogP) is 3.10. The van der Waals surface area contributed by atoms with E-state index >= 15 is 0 Å². The molecule has 1 N–H and O–H groups in total. The number of rotatable bonds is 1. The normalized spacial score (nSPS) is 9.87. The van der Waals surface area contributed by atoms with E-state index in [1.807, 2.05) is 6.07 Å². The lowest BCUT2D eigenvalue weighted by atomic mass is 10.1. The number of phenolic OH excluding ortho intramolecular Hbond substituents is 1. The quantitative estimate of drug-likeness (QED) is 0.716. The Morgan fingerprint density at radius 2 is 2.13 bits per heavy atom. The Kier molecular flexibility index (Phi) is 2.18. The first-order valence-corrected chi connectivity index (χ1v) is 4.43. The van der Waals surface area contributed by atoms with Gasteiger partial charge in [0.05, 0.1) is 13.7 Å². The molecule has 0 radical (unpaired) electrons. The SMILES string of the molecule is [C-]#[N+]c1cc2cccc(O)c2cc1OC. The lowest BCUT2D eigenvalue weighted by molar-refractivity contribution is 0.417. The van der Waals surface area contributed by atoms with Gasteiger partial charge in [-0.2, -0.15) is 0 Å². The van der Waals surface area contributed by atoms with Crippen molar-refractivity contribution < 1.29 is 9.84 Å². The van der Waals surface area contributed by atoms with Crippen LogP contribution in [0.15, 0.2) is 30.3 Å². The van der Waals surface area contributed by atoms with Crippen LogP contribution in [0.2, 0.25) is 0 Å². The predicted molar refractivity (Wildman–Crippen MR) is 58.4 cm³/mol. The average molecular weight is 199 g/mol. The summed E-state index contributed by atoms with van der Waals surface area (Å²) in [5, 5.41) is 11.2. The summed E-state index contributed by atoms with van der Waals surface area (Å²) in [5.74, 6) is 0.682. The molecule has 0 bridgehead atoms. The van der Waals surface area contributed by atoms with Gasteiger partial charge in [0.25, 0.3) is 0 Å². The summed E-state index contributed by atoms with van der Waals surface area (Å²) in [4.78, 5) is 3.36. The molecular formula is C12H9NO2. The topological polar surface area (TPSA) is 33.8 Å². The third kappa shape index (κ3) is 1.46. The van der Waals surface area contributed by atoms with Crippen molar-refractivity contribution >= 4 is 16.5 Å². The summed E-state index contributed by atoms with van der Waals surface area (Å²) in [6.45, 7) is 7.00. The molecule has 0 spiro atoms. The zero-order valence-corrected chi connectivity index (χ0v) is 8.19. The first kappa shape index (κ1) is 9.35. The van der Waals surface area contributed by atoms with Gasteiger partial charge in [0.2, 0.25) is 5.69 Å². The molecule has 2 rings (SSSR count). The van der Waals surface area contributed by atoms with Crippen LogP contribution in [0.4, 0.5) is 5.69 Å². The monoisotopic (exact) mass is 199 g/mol. The van der Waals surface area contributed by atoms with E-state index in [9.17, 15) is 5.11 Å². The number of hydrogen-bond donors (Lipinski definition) is 1. The van der Waals surface area contributed by atoms with Crippen LogP contribution in [0.3, 0.4) is 0 Å². The van der Waals surface area contributed by atoms with Crippen molar-refractivity contribution in [2.45, 2.75) is 0 Å². The molecule has 0 amide bonds. The summed E-state index contributed by atoms with van der Waals surface area (Å²) in [5.41, 5.74) is 0.454. The number of benzene rings is 2. The second-order valence-electron chi connectivity index (χ2n) is 3.13. The first-order valence-electron chi connectivity index (χ1n) is 4.43. The number of nitrogens with zero attached hydrogens (tertiary/aromatic N) is 1. The van der Waals surface area contributed by atoms with Crippen molar-refractivity contribution in [3.05, 3.63) is 41.7 Å². The summed E-state index contributed by atoms with van der Waals surface area (Å²) in [7, 11) is 1.51. The standard InChI is InChI=1S/C12H9NO2/c1-13-10-6-8-4-3-5-11(14)9(8)7-12(10)15-2/h3-7,14H,2H3. The van der Waals surface area contributed by atoms with E-state index in [1.54, 1.807) is 24.3 Å². The fourth-order valence-corrected chi connectivity index (χ4v) is 1.53. The summed E-state index contributed by atoms with van der Waals surface area (Å²) in [6.07, 6.45) is 0. The van der Waals surface area contributed by atoms with Crippen molar-refractivity contribution in [3.63, 3.8) is 0 Å². The molecule has 0 unspecified atom stereocenters. The Balaban J connectivity index is 2.83. The number of aromatic hydroxyl groups is 1. The van der Waals surface area contributed by atoms with E-state index in [-0.39, 0.29) is 5.75 Å². The van der Waals surface area contributed by atoms with Crippen molar-refractivity contribution in [3.8, 4) is 11.5 Å². The Bertz CT molecular complexity index is 555. The highest BCUT2D eigenvalue weighted by molar-refractivity contribution is 5.93. The van der Waals surface area contributed by atoms with Gasteiger partial charge in [-0.1, -0.05) is 12.1 Å². The molecule has 15 heavy (non-hydrogen) atoms. The zero-order chi connectivity index (χ0) is 10.8. The van der Waals surface area contributed by atoms with Gasteiger partial charge in [-0.05, 0) is 23.6 Å². The van der Waals surface area contributed by atoms with Crippen molar-refractivity contribution in [1.29, 1.82) is 0 Å². The average Bonchev–Trinajstić information content (AvgIpc) is 2.28. The van der Waals surface area contributed by atoms with E-state index in [1.165, 1.54) is 7.11 Å². The van der Waals surface area contributed by atoms with Gasteiger partial charge in [-0.3, -0.25) is 0 Å². The zero-order valence-electron chi connectivity index (χ0n) is 8.19. The molecule has 0 aliphatic rings. The minimum atomic E-state index is 0.197. The third-order valence-corrected chi connectivity index (χ3v) is 2.28. The maximum atomic E-state index is 9.62. The highest BCUT2D eigenvalue weighted by Gasteiger charge is 2.07. The first-order chi connectivity index (χ1) is 7.26. The Morgan fingerprint density at radius 1 is 1.33 bits per heavy atom. The van der Waals surface area contributed by atoms with Gasteiger partial charge in [-0.15, -0.1) is 0 Å². The van der Waals surface area contributed by atoms with E-state index in [0.29, 0.717) is 16.8 Å². The number of hydrogen-bond acceptors (Lipinski definition) is 2. The van der Waals surface area contributed by atoms with E-state index < -0.39 is 0 Å². The van der Waals surface area contributed by atoms with Crippen LogP contribution in [0, 0.1) is 6.57 Å². The lowest BCUT2D eigenvalue weighted by Crippen LogP contribution is -1.83. The van der Waals surface area contributed by atoms with Gasteiger partial charge in [0.1, 0.15) is 11.5 Å². The maximum Gasteiger partial charge on any atom is 0.228 e.